The molecule has 3 unspecified atom stereocenters. The predicted molar refractivity (Wildman–Crippen MR) is 355 cm³/mol. The molecule has 0 aliphatic carbocycles. The topological polar surface area (TPSA) is 210 Å². The average Bonchev–Trinajstić information content (AvgIpc) is 1.90. The van der Waals surface area contributed by atoms with E-state index >= 15 is 0 Å². The van der Waals surface area contributed by atoms with Crippen LogP contribution in [-0.4, -0.2) is 60.1 Å². The lowest BCUT2D eigenvalue weighted by atomic mass is 10.0. The van der Waals surface area contributed by atoms with Crippen molar-refractivity contribution in [3.05, 3.63) is 248 Å². The molecule has 2 aliphatic heterocycles. The fourth-order valence-electron chi connectivity index (χ4n) is 9.73. The zero-order valence-electron chi connectivity index (χ0n) is 49.7. The van der Waals surface area contributed by atoms with E-state index in [1.165, 1.54) is 0 Å². The molecule has 0 spiro atoms. The molecule has 464 valence electrons. The Labute approximate surface area is 532 Å². The molecule has 0 radical (unpaired) electrons. The largest absolute Gasteiger partial charge is 0.805 e. The molecule has 16 nitrogen and oxygen atoms in total. The van der Waals surface area contributed by atoms with Gasteiger partial charge in [-0.15, -0.1) is 9.05 Å². The number of hydrogen-bond donors (Lipinski definition) is 4. The molecule has 10 rings (SSSR count). The number of carbonyl (C=O) groups is 4. The second-order valence-electron chi connectivity index (χ2n) is 20.3. The third kappa shape index (κ3) is 19.7. The van der Waals surface area contributed by atoms with Crippen LogP contribution in [0.25, 0.3) is 0 Å². The Bertz CT molecular complexity index is 3700. The standard InChI is InChI=1S/C28H28ClN2O5P.C26H25ClN2O3.C12H10O3P.C2H6O.CH4/c1-4-35-37(34)36-26-10-7-15-31(25-14-11-20(29)17-24(25)26)28(33)23-13-12-21(16-19(23)3)30-27(32)22-9-6-5-8-18(22)2;1-16-6-3-4-7-20(16)25(31)28-19-10-11-21(17(2)14-19)26(32)29-13-5-8-24(30)22-15-18(27)9-12-23(22)29;13-16(14-11-7-3-1-4-8-11)15-12-9-5-2-6-10-12;1-2-3;/h5-6,8-9,11-14,16-17,26H,4,7,10,15H2,1-3H3;3-4,6-7,9-12,14-15,24,30H,5,8,13H2,1-2H3,(H,28,31);1-10H;3H,2H2,1H3;1H4/q;;+1;;/p+1. The average molecular weight is 1280 g/mol. The molecule has 89 heavy (non-hydrogen) atoms. The van der Waals surface area contributed by atoms with Gasteiger partial charge >= 0.3 is 16.5 Å². The second kappa shape index (κ2) is 34.6. The Kier molecular flexibility index (Phi) is 27.2. The molecule has 0 saturated carbocycles. The van der Waals surface area contributed by atoms with Crippen molar-refractivity contribution in [1.29, 1.82) is 0 Å². The van der Waals surface area contributed by atoms with E-state index in [1.54, 1.807) is 157 Å². The van der Waals surface area contributed by atoms with Gasteiger partial charge in [-0.2, -0.15) is 0 Å². The van der Waals surface area contributed by atoms with E-state index in [0.29, 0.717) is 116 Å². The van der Waals surface area contributed by atoms with Crippen LogP contribution in [0, 0.1) is 27.7 Å². The van der Waals surface area contributed by atoms with Crippen LogP contribution < -0.4 is 29.5 Å². The molecule has 3 atom stereocenters. The van der Waals surface area contributed by atoms with Gasteiger partial charge in [-0.25, -0.2) is 9.05 Å². The molecule has 0 saturated heterocycles. The lowest BCUT2D eigenvalue weighted by Gasteiger charge is -2.24. The Morgan fingerprint density at radius 3 is 1.38 bits per heavy atom. The maximum Gasteiger partial charge on any atom is 0.805 e. The first-order valence-corrected chi connectivity index (χ1v) is 31.5. The number of carbonyl (C=O) groups excluding carboxylic acids is 4. The summed E-state index contributed by atoms with van der Waals surface area (Å²) in [5.41, 5.74) is 9.52. The summed E-state index contributed by atoms with van der Waals surface area (Å²) in [5, 5.41) is 24.9. The number of amides is 4. The summed E-state index contributed by atoms with van der Waals surface area (Å²) < 4.78 is 44.7. The summed E-state index contributed by atoms with van der Waals surface area (Å²) in [6, 6.07) is 53.7. The molecule has 2 aliphatic rings. The Hall–Kier alpha value is -8.14. The van der Waals surface area contributed by atoms with E-state index in [0.717, 1.165) is 22.3 Å². The number of nitrogens with one attached hydrogen (secondary N) is 2. The summed E-state index contributed by atoms with van der Waals surface area (Å²) in [7, 11) is -4.47. The highest BCUT2D eigenvalue weighted by atomic mass is 35.5. The number of fused-ring (bicyclic) bond motifs is 2. The smallest absolute Gasteiger partial charge is 0.397 e. The highest BCUT2D eigenvalue weighted by Gasteiger charge is 2.35. The molecule has 0 aromatic heterocycles. The third-order valence-corrected chi connectivity index (χ3v) is 16.1. The van der Waals surface area contributed by atoms with Crippen molar-refractivity contribution < 1.29 is 56.6 Å². The summed E-state index contributed by atoms with van der Waals surface area (Å²) in [5.74, 6) is 0.351. The molecular formula is C69H74Cl2N4O12P2+2. The SMILES string of the molecule is C.CCO.CCO[P+](=O)OC1CCCN(C(=O)c2ccc(NC(=O)c3ccccc3C)cc2C)c2ccc(Cl)cc21.Cc1ccccc1C(=O)Nc1ccc(C(=O)N2CCCC(O)c3cc(Cl)ccc32)c(C)c1.O=[P+](Oc1ccccc1)Oc1ccccc1. The third-order valence-electron chi connectivity index (χ3n) is 14.0. The fraction of sp³-hybridized carbons (Fsp3) is 0.246. The van der Waals surface area contributed by atoms with Gasteiger partial charge in [0.15, 0.2) is 11.5 Å². The zero-order valence-corrected chi connectivity index (χ0v) is 53.0. The van der Waals surface area contributed by atoms with Crippen molar-refractivity contribution in [2.45, 2.75) is 86.9 Å². The number of aryl methyl sites for hydroxylation is 4. The van der Waals surface area contributed by atoms with Crippen LogP contribution in [0.15, 0.2) is 182 Å². The minimum atomic E-state index is -2.29. The van der Waals surface area contributed by atoms with E-state index in [2.05, 4.69) is 10.6 Å². The van der Waals surface area contributed by atoms with Crippen molar-refractivity contribution in [1.82, 2.24) is 0 Å². The van der Waals surface area contributed by atoms with Crippen LogP contribution in [0.4, 0.5) is 22.7 Å². The lowest BCUT2D eigenvalue weighted by Crippen LogP contribution is -2.32. The number of anilines is 4. The lowest BCUT2D eigenvalue weighted by molar-refractivity contribution is 0.0978. The molecule has 20 heteroatoms. The van der Waals surface area contributed by atoms with Gasteiger partial charge in [0.05, 0.1) is 11.8 Å². The van der Waals surface area contributed by atoms with E-state index < -0.39 is 28.7 Å². The van der Waals surface area contributed by atoms with Crippen LogP contribution in [0.2, 0.25) is 10.0 Å². The van der Waals surface area contributed by atoms with Gasteiger partial charge in [-0.05, 0) is 199 Å². The van der Waals surface area contributed by atoms with Gasteiger partial charge in [-0.3, -0.25) is 19.2 Å². The summed E-state index contributed by atoms with van der Waals surface area (Å²) in [6.07, 6.45) is 1.29. The molecule has 0 fully saturated rings. The monoisotopic (exact) mass is 1280 g/mol. The van der Waals surface area contributed by atoms with Crippen LogP contribution in [0.1, 0.15) is 134 Å². The van der Waals surface area contributed by atoms with Crippen molar-refractivity contribution in [3.63, 3.8) is 0 Å². The molecular weight excluding hydrogens is 1210 g/mol. The number of para-hydroxylation sites is 2. The first-order chi connectivity index (χ1) is 42.4. The summed E-state index contributed by atoms with van der Waals surface area (Å²) >= 11 is 12.4. The number of hydrogen-bond acceptors (Lipinski definition) is 12. The van der Waals surface area contributed by atoms with Gasteiger partial charge < -0.3 is 30.6 Å². The van der Waals surface area contributed by atoms with Gasteiger partial charge in [0.1, 0.15) is 12.7 Å². The van der Waals surface area contributed by atoms with Crippen LogP contribution in [-0.2, 0) is 18.2 Å². The minimum absolute atomic E-state index is 0. The molecule has 8 aromatic carbocycles. The van der Waals surface area contributed by atoms with Gasteiger partial charge in [0.25, 0.3) is 23.6 Å². The first-order valence-electron chi connectivity index (χ1n) is 28.6. The van der Waals surface area contributed by atoms with Gasteiger partial charge in [0.2, 0.25) is 0 Å². The summed E-state index contributed by atoms with van der Waals surface area (Å²) in [6.45, 7) is 12.4. The Morgan fingerprint density at radius 2 is 0.944 bits per heavy atom. The minimum Gasteiger partial charge on any atom is -0.397 e. The number of aliphatic hydroxyl groups excluding tert-OH is 2. The first kappa shape index (κ1) is 70.0. The predicted octanol–water partition coefficient (Wildman–Crippen LogP) is 17.5. The molecule has 0 bridgehead atoms. The molecule has 4 N–H and O–H groups in total. The van der Waals surface area contributed by atoms with Crippen LogP contribution >= 0.6 is 39.7 Å². The number of halogens is 2. The quantitative estimate of drug-likeness (QED) is 0.0750. The number of nitrogens with zero attached hydrogens (tertiary/aromatic N) is 2. The maximum absolute atomic E-state index is 13.7. The van der Waals surface area contributed by atoms with Crippen molar-refractivity contribution in [3.8, 4) is 11.5 Å². The van der Waals surface area contributed by atoms with Crippen molar-refractivity contribution >= 4 is 86.1 Å². The highest BCUT2D eigenvalue weighted by molar-refractivity contribution is 7.34. The number of benzene rings is 8. The molecule has 2 heterocycles. The Morgan fingerprint density at radius 1 is 0.528 bits per heavy atom. The zero-order chi connectivity index (χ0) is 63.3. The maximum atomic E-state index is 13.7. The van der Waals surface area contributed by atoms with Crippen molar-refractivity contribution in [2.24, 2.45) is 0 Å². The van der Waals surface area contributed by atoms with E-state index in [-0.39, 0.29) is 44.3 Å². The second-order valence-corrected chi connectivity index (χ2v) is 22.9. The Balaban J connectivity index is 0.000000220. The van der Waals surface area contributed by atoms with E-state index in [9.17, 15) is 33.4 Å². The van der Waals surface area contributed by atoms with E-state index in [4.69, 9.17) is 46.4 Å². The fourth-order valence-corrected chi connectivity index (χ4v) is 11.4. The number of aliphatic hydroxyl groups is 2. The molecule has 4 amide bonds. The summed E-state index contributed by atoms with van der Waals surface area (Å²) in [4.78, 5) is 55.9. The van der Waals surface area contributed by atoms with Gasteiger partial charge in [0, 0.05) is 89.3 Å². The normalized spacial score (nSPS) is 14.0. The molecule has 8 aromatic rings. The van der Waals surface area contributed by atoms with E-state index in [1.807, 2.05) is 76.2 Å². The van der Waals surface area contributed by atoms with Gasteiger partial charge in [-0.1, -0.05) is 103 Å². The number of rotatable bonds is 14. The van der Waals surface area contributed by atoms with Crippen LogP contribution in [0.5, 0.6) is 11.5 Å². The highest BCUT2D eigenvalue weighted by Crippen LogP contribution is 2.43. The van der Waals surface area contributed by atoms with Crippen LogP contribution in [0.3, 0.4) is 0 Å². The van der Waals surface area contributed by atoms with Crippen molar-refractivity contribution in [2.75, 3.05) is 46.7 Å².